The summed E-state index contributed by atoms with van der Waals surface area (Å²) in [5.74, 6) is -2.03. The van der Waals surface area contributed by atoms with Crippen LogP contribution >= 0.6 is 0 Å². The van der Waals surface area contributed by atoms with E-state index in [0.717, 1.165) is 0 Å². The molecule has 0 saturated carbocycles. The minimum absolute atomic E-state index is 0.0217. The van der Waals surface area contributed by atoms with E-state index in [4.69, 9.17) is 28.1 Å². The van der Waals surface area contributed by atoms with Gasteiger partial charge in [-0.2, -0.15) is 4.90 Å². The highest BCUT2D eigenvalue weighted by atomic mass is 28.4. The first-order valence-electron chi connectivity index (χ1n) is 20.6. The number of carbonyl (C=O) groups excluding carboxylic acids is 4. The monoisotopic (exact) mass is 846 g/mol. The van der Waals surface area contributed by atoms with Gasteiger partial charge in [-0.3, -0.25) is 0 Å². The van der Waals surface area contributed by atoms with Gasteiger partial charge in [-0.05, 0) is 112 Å². The van der Waals surface area contributed by atoms with Gasteiger partial charge >= 0.3 is 24.2 Å². The molecule has 0 saturated heterocycles. The number of para-hydroxylation sites is 1. The number of nitrogens with zero attached hydrogens (tertiary/aromatic N) is 2. The number of amides is 3. The Bertz CT molecular complexity index is 1730. The lowest BCUT2D eigenvalue weighted by Gasteiger charge is -2.40. The van der Waals surface area contributed by atoms with Crippen LogP contribution in [0.5, 0.6) is 11.5 Å². The summed E-state index contributed by atoms with van der Waals surface area (Å²) in [6.07, 6.45) is -1.67. The number of carbonyl (C=O) groups is 4. The average molecular weight is 847 g/mol. The smallest absolute Gasteiger partial charge is 0.424 e. The Morgan fingerprint density at radius 1 is 0.763 bits per heavy atom. The zero-order valence-corrected chi connectivity index (χ0v) is 39.8. The van der Waals surface area contributed by atoms with E-state index in [2.05, 4.69) is 33.9 Å². The van der Waals surface area contributed by atoms with E-state index < -0.39 is 66.9 Å². The van der Waals surface area contributed by atoms with Gasteiger partial charge in [-0.25, -0.2) is 23.6 Å². The van der Waals surface area contributed by atoms with Gasteiger partial charge in [0.05, 0.1) is 19.3 Å². The van der Waals surface area contributed by atoms with E-state index >= 15 is 4.39 Å². The van der Waals surface area contributed by atoms with Crippen LogP contribution in [0.4, 0.5) is 24.5 Å². The molecule has 3 amide bonds. The number of rotatable bonds is 15. The summed E-state index contributed by atoms with van der Waals surface area (Å²) in [5, 5.41) is -0.225. The molecule has 14 heteroatoms. The minimum atomic E-state index is -2.50. The van der Waals surface area contributed by atoms with Crippen molar-refractivity contribution in [3.63, 3.8) is 0 Å². The molecular weight excluding hydrogens is 776 g/mol. The van der Waals surface area contributed by atoms with Crippen LogP contribution in [0.3, 0.4) is 0 Å². The van der Waals surface area contributed by atoms with Crippen molar-refractivity contribution in [2.24, 2.45) is 0 Å². The molecule has 0 heterocycles. The molecule has 0 aromatic heterocycles. The third kappa shape index (κ3) is 15.1. The van der Waals surface area contributed by atoms with Gasteiger partial charge in [0.15, 0.2) is 14.1 Å². The maximum atomic E-state index is 17.7. The Morgan fingerprint density at radius 2 is 1.27 bits per heavy atom. The minimum Gasteiger partial charge on any atom is -0.490 e. The van der Waals surface area contributed by atoms with Gasteiger partial charge < -0.3 is 33.0 Å². The van der Waals surface area contributed by atoms with Gasteiger partial charge in [-0.15, -0.1) is 0 Å². The molecule has 0 spiro atoms. The average Bonchev–Trinajstić information content (AvgIpc) is 3.06. The van der Waals surface area contributed by atoms with E-state index in [1.807, 2.05) is 13.8 Å². The van der Waals surface area contributed by atoms with Gasteiger partial charge in [0.2, 0.25) is 0 Å². The Balaban J connectivity index is 3.25. The van der Waals surface area contributed by atoms with Crippen molar-refractivity contribution >= 4 is 38.3 Å². The molecule has 59 heavy (non-hydrogen) atoms. The summed E-state index contributed by atoms with van der Waals surface area (Å²) in [4.78, 5) is 59.3. The lowest BCUT2D eigenvalue weighted by Crippen LogP contribution is -2.50. The normalized spacial score (nSPS) is 13.0. The van der Waals surface area contributed by atoms with Crippen LogP contribution in [0.15, 0.2) is 30.3 Å². The fourth-order valence-electron chi connectivity index (χ4n) is 5.51. The van der Waals surface area contributed by atoms with Crippen LogP contribution < -0.4 is 14.4 Å². The molecule has 12 nitrogen and oxygen atoms in total. The fourth-order valence-corrected chi connectivity index (χ4v) is 6.55. The van der Waals surface area contributed by atoms with Crippen molar-refractivity contribution in [3.8, 4) is 11.5 Å². The van der Waals surface area contributed by atoms with E-state index in [1.54, 1.807) is 92.6 Å². The number of anilines is 1. The van der Waals surface area contributed by atoms with Gasteiger partial charge in [0, 0.05) is 24.1 Å². The Morgan fingerprint density at radius 3 is 1.73 bits per heavy atom. The molecule has 2 aromatic rings. The van der Waals surface area contributed by atoms with Crippen molar-refractivity contribution in [2.45, 2.75) is 171 Å². The predicted molar refractivity (Wildman–Crippen MR) is 232 cm³/mol. The largest absolute Gasteiger partial charge is 0.490 e. The fraction of sp³-hybridized carbons (Fsp3) is 0.644. The van der Waals surface area contributed by atoms with Crippen molar-refractivity contribution < 1.29 is 51.7 Å². The number of esters is 1. The topological polar surface area (TPSA) is 130 Å². The second-order valence-corrected chi connectivity index (χ2v) is 24.1. The Kier molecular flexibility index (Phi) is 17.6. The maximum absolute atomic E-state index is 17.7. The Labute approximate surface area is 353 Å². The molecule has 0 bridgehead atoms. The van der Waals surface area contributed by atoms with Crippen molar-refractivity contribution in [1.82, 2.24) is 4.90 Å². The summed E-state index contributed by atoms with van der Waals surface area (Å²) in [5.41, 5.74) is -4.26. The van der Waals surface area contributed by atoms with Crippen LogP contribution in [0.1, 0.15) is 138 Å². The zero-order chi connectivity index (χ0) is 45.3. The van der Waals surface area contributed by atoms with E-state index in [-0.39, 0.29) is 59.4 Å². The van der Waals surface area contributed by atoms with Crippen LogP contribution in [0.25, 0.3) is 0 Å². The van der Waals surface area contributed by atoms with Gasteiger partial charge in [-0.1, -0.05) is 59.2 Å². The molecule has 0 radical (unpaired) electrons. The SMILES string of the molecule is CCCCOc1c(C(=O)Oc2ccccc2)c(C)c(F)c(CC(CO[Si](C)(C)C(C)(C)C)N(CCC)C(=O)OC(C)(C)C)c1N(C(=O)OC(C)(C)C)C(=O)OC(C)(C)C. The molecule has 0 aliphatic carbocycles. The standard InChI is InChI=1S/C45H71FN2O10Si/c1-18-20-27-53-37-34(38(49)55-32-24-22-21-23-25-32)30(3)35(46)33(36(37)48(40(51)57-43(7,8)9)41(52)58-44(10,11)12)28-31(29-54-59(16,17)45(13,14)15)47(26-19-2)39(50)56-42(4,5)6/h21-25,31H,18-20,26-29H2,1-17H3. The number of unbranched alkanes of at least 4 members (excludes halogenated alkanes) is 1. The highest BCUT2D eigenvalue weighted by Gasteiger charge is 2.43. The summed E-state index contributed by atoms with van der Waals surface area (Å²) in [7, 11) is -2.50. The first kappa shape index (κ1) is 51.0. The van der Waals surface area contributed by atoms with Crippen LogP contribution in [-0.4, -0.2) is 80.1 Å². The molecule has 1 unspecified atom stereocenters. The number of hydrogen-bond donors (Lipinski definition) is 0. The third-order valence-corrected chi connectivity index (χ3v) is 13.9. The third-order valence-electron chi connectivity index (χ3n) is 9.39. The molecule has 2 rings (SSSR count). The number of hydrogen-bond acceptors (Lipinski definition) is 10. The molecule has 1 atom stereocenters. The molecule has 0 aliphatic heterocycles. The van der Waals surface area contributed by atoms with Crippen molar-refractivity contribution in [2.75, 3.05) is 24.7 Å². The summed E-state index contributed by atoms with van der Waals surface area (Å²) >= 11 is 0. The van der Waals surface area contributed by atoms with E-state index in [9.17, 15) is 19.2 Å². The highest BCUT2D eigenvalue weighted by molar-refractivity contribution is 6.74. The summed E-state index contributed by atoms with van der Waals surface area (Å²) < 4.78 is 54.1. The predicted octanol–water partition coefficient (Wildman–Crippen LogP) is 11.8. The molecule has 0 aliphatic rings. The van der Waals surface area contributed by atoms with Crippen molar-refractivity contribution in [3.05, 3.63) is 52.8 Å². The van der Waals surface area contributed by atoms with Crippen LogP contribution in [0.2, 0.25) is 18.1 Å². The van der Waals surface area contributed by atoms with Gasteiger partial charge in [0.1, 0.15) is 39.6 Å². The van der Waals surface area contributed by atoms with E-state index in [0.29, 0.717) is 24.2 Å². The quantitative estimate of drug-likeness (QED) is 0.0561. The van der Waals surface area contributed by atoms with Crippen molar-refractivity contribution in [1.29, 1.82) is 0 Å². The number of ether oxygens (including phenoxy) is 5. The molecular formula is C45H71FN2O10Si. The maximum Gasteiger partial charge on any atom is 0.424 e. The second kappa shape index (κ2) is 20.4. The first-order valence-corrected chi connectivity index (χ1v) is 23.5. The zero-order valence-electron chi connectivity index (χ0n) is 38.8. The summed E-state index contributed by atoms with van der Waals surface area (Å²) in [6.45, 7) is 30.8. The molecule has 0 N–H and O–H groups in total. The Hall–Kier alpha value is -4.17. The van der Waals surface area contributed by atoms with E-state index in [1.165, 1.54) is 11.8 Å². The molecule has 0 fully saturated rings. The number of halogens is 1. The first-order chi connectivity index (χ1) is 26.9. The number of benzene rings is 2. The lowest BCUT2D eigenvalue weighted by atomic mass is 9.94. The highest BCUT2D eigenvalue weighted by Crippen LogP contribution is 2.44. The van der Waals surface area contributed by atoms with Crippen LogP contribution in [-0.2, 0) is 25.1 Å². The lowest BCUT2D eigenvalue weighted by molar-refractivity contribution is 0.00982. The molecule has 2 aromatic carbocycles. The summed E-state index contributed by atoms with van der Waals surface area (Å²) in [6, 6.07) is 7.32. The van der Waals surface area contributed by atoms with Crippen LogP contribution in [0, 0.1) is 12.7 Å². The second-order valence-electron chi connectivity index (χ2n) is 19.3. The number of imide groups is 1. The van der Waals surface area contributed by atoms with Gasteiger partial charge in [0.25, 0.3) is 0 Å². The molecule has 332 valence electrons.